The molecule has 5 nitrogen and oxygen atoms in total. The molecule has 1 amide bonds. The van der Waals surface area contributed by atoms with Crippen molar-refractivity contribution in [3.63, 3.8) is 0 Å². The van der Waals surface area contributed by atoms with Crippen molar-refractivity contribution in [1.29, 1.82) is 0 Å². The Hall–Kier alpha value is -1.59. The Morgan fingerprint density at radius 1 is 1.45 bits per heavy atom. The molecule has 1 N–H and O–H groups in total. The maximum Gasteiger partial charge on any atom is 0.256 e. The number of nitrogens with zero attached hydrogens (tertiary/aromatic N) is 2. The number of rotatable bonds is 6. The fourth-order valence-corrected chi connectivity index (χ4v) is 2.91. The van der Waals surface area contributed by atoms with E-state index in [1.165, 1.54) is 0 Å². The van der Waals surface area contributed by atoms with Crippen molar-refractivity contribution in [2.24, 2.45) is 0 Å². The highest BCUT2D eigenvalue weighted by atomic mass is 16.5. The van der Waals surface area contributed by atoms with Crippen LogP contribution in [-0.4, -0.2) is 60.2 Å². The van der Waals surface area contributed by atoms with Crippen molar-refractivity contribution in [2.45, 2.75) is 31.9 Å². The van der Waals surface area contributed by atoms with E-state index in [1.807, 2.05) is 43.1 Å². The monoisotopic (exact) mass is 306 g/mol. The Kier molecular flexibility index (Phi) is 5.42. The highest BCUT2D eigenvalue weighted by Gasteiger charge is 2.42. The van der Waals surface area contributed by atoms with Crippen molar-refractivity contribution < 1.29 is 14.6 Å². The third kappa shape index (κ3) is 3.78. The van der Waals surface area contributed by atoms with Gasteiger partial charge in [0.25, 0.3) is 5.91 Å². The lowest BCUT2D eigenvalue weighted by atomic mass is 9.91. The predicted molar refractivity (Wildman–Crippen MR) is 85.8 cm³/mol. The van der Waals surface area contributed by atoms with Gasteiger partial charge in [0.1, 0.15) is 5.75 Å². The zero-order valence-corrected chi connectivity index (χ0v) is 13.7. The quantitative estimate of drug-likeness (QED) is 0.865. The van der Waals surface area contributed by atoms with E-state index < -0.39 is 5.60 Å². The number of aliphatic hydroxyl groups is 1. The number of hydrogen-bond acceptors (Lipinski definition) is 4. The van der Waals surface area contributed by atoms with Crippen LogP contribution in [0.15, 0.2) is 24.3 Å². The van der Waals surface area contributed by atoms with Crippen LogP contribution in [0.2, 0.25) is 0 Å². The van der Waals surface area contributed by atoms with Crippen LogP contribution >= 0.6 is 0 Å². The Bertz CT molecular complexity index is 520. The summed E-state index contributed by atoms with van der Waals surface area (Å²) in [6.07, 6.45) is 1.36. The zero-order valence-electron chi connectivity index (χ0n) is 13.7. The molecule has 22 heavy (non-hydrogen) atoms. The summed E-state index contributed by atoms with van der Waals surface area (Å²) in [6.45, 7) is 4.41. The molecule has 1 aromatic rings. The topological polar surface area (TPSA) is 53.0 Å². The third-order valence-corrected chi connectivity index (χ3v) is 4.28. The Morgan fingerprint density at radius 2 is 2.23 bits per heavy atom. The van der Waals surface area contributed by atoms with Gasteiger partial charge in [0.2, 0.25) is 0 Å². The van der Waals surface area contributed by atoms with Gasteiger partial charge in [-0.1, -0.05) is 19.1 Å². The highest BCUT2D eigenvalue weighted by molar-refractivity contribution is 5.86. The fraction of sp³-hybridized carbons (Fsp3) is 0.588. The average molecular weight is 306 g/mol. The van der Waals surface area contributed by atoms with Crippen molar-refractivity contribution in [2.75, 3.05) is 33.8 Å². The molecule has 1 aromatic carbocycles. The normalized spacial score (nSPS) is 22.2. The molecule has 2 rings (SSSR count). The van der Waals surface area contributed by atoms with Gasteiger partial charge in [-0.2, -0.15) is 0 Å². The summed E-state index contributed by atoms with van der Waals surface area (Å²) in [5, 5.41) is 10.7. The molecule has 0 bridgehead atoms. The Balaban J connectivity index is 2.09. The van der Waals surface area contributed by atoms with Gasteiger partial charge >= 0.3 is 0 Å². The molecular formula is C17H26N2O3. The molecule has 1 aliphatic heterocycles. The van der Waals surface area contributed by atoms with Crippen molar-refractivity contribution in [3.05, 3.63) is 29.8 Å². The minimum absolute atomic E-state index is 0.165. The molecular weight excluding hydrogens is 280 g/mol. The highest BCUT2D eigenvalue weighted by Crippen LogP contribution is 2.25. The predicted octanol–water partition coefficient (Wildman–Crippen LogP) is 1.50. The summed E-state index contributed by atoms with van der Waals surface area (Å²) in [4.78, 5) is 16.4. The summed E-state index contributed by atoms with van der Waals surface area (Å²) in [5.74, 6) is 0.616. The van der Waals surface area contributed by atoms with E-state index in [4.69, 9.17) is 4.74 Å². The van der Waals surface area contributed by atoms with Gasteiger partial charge in [-0.3, -0.25) is 4.79 Å². The van der Waals surface area contributed by atoms with Crippen LogP contribution in [-0.2, 0) is 11.3 Å². The van der Waals surface area contributed by atoms with Crippen molar-refractivity contribution in [3.8, 4) is 5.75 Å². The zero-order chi connectivity index (χ0) is 16.2. The Morgan fingerprint density at radius 3 is 2.91 bits per heavy atom. The molecule has 0 radical (unpaired) electrons. The van der Waals surface area contributed by atoms with Crippen LogP contribution in [0, 0.1) is 0 Å². The third-order valence-electron chi connectivity index (χ3n) is 4.28. The number of amides is 1. The SMILES string of the molecule is CCN(C)C[C@]1(O)CCCN(Cc2cccc(OC)c2)C1=O. The van der Waals surface area contributed by atoms with Gasteiger partial charge in [-0.15, -0.1) is 0 Å². The van der Waals surface area contributed by atoms with Crippen molar-refractivity contribution in [1.82, 2.24) is 9.80 Å². The smallest absolute Gasteiger partial charge is 0.256 e. The van der Waals surface area contributed by atoms with E-state index in [0.29, 0.717) is 26.1 Å². The second-order valence-electron chi connectivity index (χ2n) is 6.04. The number of benzene rings is 1. The lowest BCUT2D eigenvalue weighted by Crippen LogP contribution is -2.57. The first-order valence-electron chi connectivity index (χ1n) is 7.81. The van der Waals surface area contributed by atoms with E-state index >= 15 is 0 Å². The van der Waals surface area contributed by atoms with Crippen LogP contribution in [0.5, 0.6) is 5.75 Å². The van der Waals surface area contributed by atoms with E-state index in [2.05, 4.69) is 0 Å². The minimum atomic E-state index is -1.26. The van der Waals surface area contributed by atoms with Gasteiger partial charge in [-0.05, 0) is 44.1 Å². The number of methoxy groups -OCH3 is 1. The molecule has 1 heterocycles. The van der Waals surface area contributed by atoms with Gasteiger partial charge < -0.3 is 19.6 Å². The average Bonchev–Trinajstić information content (AvgIpc) is 2.52. The number of piperidine rings is 1. The van der Waals surface area contributed by atoms with Crippen LogP contribution in [0.1, 0.15) is 25.3 Å². The maximum absolute atomic E-state index is 12.7. The molecule has 0 aromatic heterocycles. The summed E-state index contributed by atoms with van der Waals surface area (Å²) in [6, 6.07) is 7.70. The van der Waals surface area contributed by atoms with E-state index in [-0.39, 0.29) is 5.91 Å². The molecule has 0 spiro atoms. The summed E-state index contributed by atoms with van der Waals surface area (Å²) in [7, 11) is 3.55. The molecule has 1 atom stereocenters. The molecule has 122 valence electrons. The number of likely N-dealkylation sites (tertiary alicyclic amines) is 1. The van der Waals surface area contributed by atoms with Crippen LogP contribution in [0.25, 0.3) is 0 Å². The minimum Gasteiger partial charge on any atom is -0.497 e. The molecule has 0 saturated carbocycles. The molecule has 1 aliphatic rings. The maximum atomic E-state index is 12.7. The lowest BCUT2D eigenvalue weighted by Gasteiger charge is -2.40. The van der Waals surface area contributed by atoms with E-state index in [9.17, 15) is 9.90 Å². The van der Waals surface area contributed by atoms with Gasteiger partial charge in [-0.25, -0.2) is 0 Å². The van der Waals surface area contributed by atoms with Crippen LogP contribution in [0.3, 0.4) is 0 Å². The second-order valence-corrected chi connectivity index (χ2v) is 6.04. The summed E-state index contributed by atoms with van der Waals surface area (Å²) in [5.41, 5.74) is -0.247. The van der Waals surface area contributed by atoms with Gasteiger partial charge in [0.15, 0.2) is 5.60 Å². The molecule has 1 saturated heterocycles. The van der Waals surface area contributed by atoms with E-state index in [1.54, 1.807) is 12.0 Å². The van der Waals surface area contributed by atoms with Gasteiger partial charge in [0, 0.05) is 19.6 Å². The number of hydrogen-bond donors (Lipinski definition) is 1. The summed E-state index contributed by atoms with van der Waals surface area (Å²) >= 11 is 0. The first-order chi connectivity index (χ1) is 10.5. The number of carbonyl (C=O) groups excluding carboxylic acids is 1. The Labute approximate surface area is 132 Å². The van der Waals surface area contributed by atoms with E-state index in [0.717, 1.165) is 24.3 Å². The van der Waals surface area contributed by atoms with Crippen LogP contribution < -0.4 is 4.74 Å². The molecule has 1 fully saturated rings. The molecule has 0 unspecified atom stereocenters. The number of ether oxygens (including phenoxy) is 1. The standard InChI is InChI=1S/C17H26N2O3/c1-4-18(2)13-17(21)9-6-10-19(16(17)20)12-14-7-5-8-15(11-14)22-3/h5,7-8,11,21H,4,6,9-10,12-13H2,1-3H3/t17-/m1/s1. The lowest BCUT2D eigenvalue weighted by molar-refractivity contribution is -0.159. The first-order valence-corrected chi connectivity index (χ1v) is 7.81. The largest absolute Gasteiger partial charge is 0.497 e. The fourth-order valence-electron chi connectivity index (χ4n) is 2.91. The summed E-state index contributed by atoms with van der Waals surface area (Å²) < 4.78 is 5.22. The van der Waals surface area contributed by atoms with Crippen LogP contribution in [0.4, 0.5) is 0 Å². The van der Waals surface area contributed by atoms with Crippen molar-refractivity contribution >= 4 is 5.91 Å². The number of likely N-dealkylation sites (N-methyl/N-ethyl adjacent to an activating group) is 1. The molecule has 0 aliphatic carbocycles. The van der Waals surface area contributed by atoms with Gasteiger partial charge in [0.05, 0.1) is 7.11 Å². The number of carbonyl (C=O) groups is 1. The molecule has 5 heteroatoms. The second kappa shape index (κ2) is 7.11. The first kappa shape index (κ1) is 16.8.